The standard InChI is InChI=1S/C30H56O4/c1-4-7-13-19-29(20-14-8-5-2)23-25-30(26-24-29,21-15-9-11-17-27(31)32)22-16-10-12-18-28(33)34-6-3/h4-26H2,1-3H3,(H,31,32). The molecule has 0 aromatic carbocycles. The van der Waals surface area contributed by atoms with Crippen LogP contribution in [0.4, 0.5) is 0 Å². The third-order valence-corrected chi connectivity index (χ3v) is 8.48. The molecule has 1 fully saturated rings. The molecule has 0 saturated heterocycles. The monoisotopic (exact) mass is 480 g/mol. The molecule has 0 atom stereocenters. The molecule has 200 valence electrons. The summed E-state index contributed by atoms with van der Waals surface area (Å²) in [4.78, 5) is 22.5. The van der Waals surface area contributed by atoms with Gasteiger partial charge in [0.05, 0.1) is 6.61 Å². The molecular weight excluding hydrogens is 424 g/mol. The maximum Gasteiger partial charge on any atom is 0.305 e. The van der Waals surface area contributed by atoms with E-state index >= 15 is 0 Å². The number of aliphatic carboxylic acids is 1. The molecule has 0 radical (unpaired) electrons. The SMILES string of the molecule is CCCCCC1(CCCCC)CCC(CCCCCC(=O)O)(CCCCCC(=O)OCC)CC1. The van der Waals surface area contributed by atoms with E-state index in [-0.39, 0.29) is 5.97 Å². The van der Waals surface area contributed by atoms with Gasteiger partial charge in [0.1, 0.15) is 0 Å². The smallest absolute Gasteiger partial charge is 0.305 e. The average Bonchev–Trinajstić information content (AvgIpc) is 2.81. The van der Waals surface area contributed by atoms with Crippen molar-refractivity contribution in [1.29, 1.82) is 0 Å². The van der Waals surface area contributed by atoms with Crippen molar-refractivity contribution < 1.29 is 19.4 Å². The van der Waals surface area contributed by atoms with E-state index in [9.17, 15) is 9.59 Å². The van der Waals surface area contributed by atoms with Crippen LogP contribution < -0.4 is 0 Å². The molecule has 0 unspecified atom stereocenters. The fourth-order valence-corrected chi connectivity index (χ4v) is 6.19. The van der Waals surface area contributed by atoms with Gasteiger partial charge in [-0.05, 0) is 82.0 Å². The number of hydrogen-bond acceptors (Lipinski definition) is 3. The Balaban J connectivity index is 2.65. The minimum absolute atomic E-state index is 0.0581. The Morgan fingerprint density at radius 2 is 1.03 bits per heavy atom. The number of hydrogen-bond donors (Lipinski definition) is 1. The second-order valence-corrected chi connectivity index (χ2v) is 11.2. The summed E-state index contributed by atoms with van der Waals surface area (Å²) < 4.78 is 5.07. The molecule has 0 aromatic heterocycles. The van der Waals surface area contributed by atoms with Crippen LogP contribution in [-0.2, 0) is 14.3 Å². The van der Waals surface area contributed by atoms with Crippen LogP contribution in [0.2, 0.25) is 0 Å². The Morgan fingerprint density at radius 1 is 0.618 bits per heavy atom. The highest BCUT2D eigenvalue weighted by atomic mass is 16.5. The van der Waals surface area contributed by atoms with Crippen molar-refractivity contribution in [2.45, 2.75) is 162 Å². The van der Waals surface area contributed by atoms with Crippen molar-refractivity contribution in [1.82, 2.24) is 0 Å². The molecule has 0 heterocycles. The maximum atomic E-state index is 11.6. The third-order valence-electron chi connectivity index (χ3n) is 8.48. The molecule has 1 aliphatic carbocycles. The zero-order valence-corrected chi connectivity index (χ0v) is 22.9. The molecule has 1 saturated carbocycles. The second kappa shape index (κ2) is 18.2. The van der Waals surface area contributed by atoms with Gasteiger partial charge in [0, 0.05) is 12.8 Å². The van der Waals surface area contributed by atoms with Gasteiger partial charge in [0.2, 0.25) is 0 Å². The van der Waals surface area contributed by atoms with Gasteiger partial charge >= 0.3 is 11.9 Å². The molecule has 1 aliphatic rings. The van der Waals surface area contributed by atoms with Crippen LogP contribution in [-0.4, -0.2) is 23.7 Å². The number of rotatable bonds is 21. The first kappa shape index (κ1) is 31.0. The van der Waals surface area contributed by atoms with E-state index in [1.54, 1.807) is 0 Å². The molecule has 0 aromatic rings. The van der Waals surface area contributed by atoms with Crippen LogP contribution in [0.5, 0.6) is 0 Å². The Bertz CT molecular complexity index is 522. The van der Waals surface area contributed by atoms with Gasteiger partial charge in [-0.15, -0.1) is 0 Å². The zero-order valence-electron chi connectivity index (χ0n) is 22.9. The second-order valence-electron chi connectivity index (χ2n) is 11.2. The summed E-state index contributed by atoms with van der Waals surface area (Å²) in [6.45, 7) is 6.96. The highest BCUT2D eigenvalue weighted by molar-refractivity contribution is 5.69. The van der Waals surface area contributed by atoms with Crippen LogP contribution in [0, 0.1) is 10.8 Å². The number of carboxylic acids is 1. The summed E-state index contributed by atoms with van der Waals surface area (Å²) in [5, 5.41) is 8.95. The van der Waals surface area contributed by atoms with Crippen molar-refractivity contribution in [2.24, 2.45) is 10.8 Å². The number of carboxylic acid groups (broad SMARTS) is 1. The van der Waals surface area contributed by atoms with Gasteiger partial charge in [0.25, 0.3) is 0 Å². The predicted molar refractivity (Wildman–Crippen MR) is 142 cm³/mol. The van der Waals surface area contributed by atoms with E-state index in [2.05, 4.69) is 13.8 Å². The van der Waals surface area contributed by atoms with Crippen LogP contribution in [0.3, 0.4) is 0 Å². The highest BCUT2D eigenvalue weighted by Gasteiger charge is 2.41. The normalized spacial score (nSPS) is 16.9. The summed E-state index contributed by atoms with van der Waals surface area (Å²) in [6, 6.07) is 0. The van der Waals surface area contributed by atoms with Crippen LogP contribution in [0.1, 0.15) is 162 Å². The topological polar surface area (TPSA) is 63.6 Å². The minimum Gasteiger partial charge on any atom is -0.481 e. The first-order valence-electron chi connectivity index (χ1n) is 14.8. The predicted octanol–water partition coefficient (Wildman–Crippen LogP) is 9.24. The zero-order chi connectivity index (χ0) is 25.1. The summed E-state index contributed by atoms with van der Waals surface area (Å²) in [5.74, 6) is -0.727. The lowest BCUT2D eigenvalue weighted by Gasteiger charge is -2.48. The Labute approximate surface area is 211 Å². The number of carbonyl (C=O) groups is 2. The van der Waals surface area contributed by atoms with E-state index in [1.165, 1.54) is 96.3 Å². The van der Waals surface area contributed by atoms with E-state index in [0.29, 0.717) is 30.3 Å². The van der Waals surface area contributed by atoms with Crippen molar-refractivity contribution in [3.05, 3.63) is 0 Å². The van der Waals surface area contributed by atoms with Gasteiger partial charge in [-0.25, -0.2) is 0 Å². The average molecular weight is 481 g/mol. The van der Waals surface area contributed by atoms with Crippen molar-refractivity contribution >= 4 is 11.9 Å². The summed E-state index contributed by atoms with van der Waals surface area (Å²) in [7, 11) is 0. The number of esters is 1. The summed E-state index contributed by atoms with van der Waals surface area (Å²) >= 11 is 0. The maximum absolute atomic E-state index is 11.6. The molecule has 0 bridgehead atoms. The molecule has 0 spiro atoms. The molecular formula is C30H56O4. The quantitative estimate of drug-likeness (QED) is 0.131. The first-order chi connectivity index (χ1) is 16.4. The van der Waals surface area contributed by atoms with E-state index in [0.717, 1.165) is 32.1 Å². The Kier molecular flexibility index (Phi) is 16.6. The molecule has 1 N–H and O–H groups in total. The van der Waals surface area contributed by atoms with Crippen LogP contribution in [0.15, 0.2) is 0 Å². The highest BCUT2D eigenvalue weighted by Crippen LogP contribution is 2.54. The van der Waals surface area contributed by atoms with Crippen molar-refractivity contribution in [3.8, 4) is 0 Å². The summed E-state index contributed by atoms with van der Waals surface area (Å²) in [6.07, 6.45) is 26.1. The largest absolute Gasteiger partial charge is 0.481 e. The number of ether oxygens (including phenoxy) is 1. The Hall–Kier alpha value is -1.06. The van der Waals surface area contributed by atoms with E-state index < -0.39 is 5.97 Å². The molecule has 34 heavy (non-hydrogen) atoms. The van der Waals surface area contributed by atoms with Crippen LogP contribution in [0.25, 0.3) is 0 Å². The lowest BCUT2D eigenvalue weighted by atomic mass is 9.58. The Morgan fingerprint density at radius 3 is 1.41 bits per heavy atom. The molecule has 0 amide bonds. The third kappa shape index (κ3) is 13.1. The number of unbranched alkanes of at least 4 members (excludes halogenated alkanes) is 8. The first-order valence-corrected chi connectivity index (χ1v) is 14.8. The minimum atomic E-state index is -0.669. The van der Waals surface area contributed by atoms with Gasteiger partial charge in [0.15, 0.2) is 0 Å². The van der Waals surface area contributed by atoms with Crippen LogP contribution >= 0.6 is 0 Å². The van der Waals surface area contributed by atoms with Gasteiger partial charge < -0.3 is 9.84 Å². The van der Waals surface area contributed by atoms with Crippen molar-refractivity contribution in [3.63, 3.8) is 0 Å². The fourth-order valence-electron chi connectivity index (χ4n) is 6.19. The molecule has 1 rings (SSSR count). The van der Waals surface area contributed by atoms with E-state index in [4.69, 9.17) is 9.84 Å². The van der Waals surface area contributed by atoms with E-state index in [1.807, 2.05) is 6.92 Å². The van der Waals surface area contributed by atoms with Gasteiger partial charge in [-0.3, -0.25) is 9.59 Å². The number of carbonyl (C=O) groups excluding carboxylic acids is 1. The summed E-state index contributed by atoms with van der Waals surface area (Å²) in [5.41, 5.74) is 1.01. The lowest BCUT2D eigenvalue weighted by molar-refractivity contribution is -0.143. The molecule has 0 aliphatic heterocycles. The fraction of sp³-hybridized carbons (Fsp3) is 0.933. The van der Waals surface area contributed by atoms with Gasteiger partial charge in [-0.1, -0.05) is 78.1 Å². The molecule has 4 heteroatoms. The lowest BCUT2D eigenvalue weighted by Crippen LogP contribution is -2.35. The van der Waals surface area contributed by atoms with Crippen molar-refractivity contribution in [2.75, 3.05) is 6.61 Å². The molecule has 4 nitrogen and oxygen atoms in total. The van der Waals surface area contributed by atoms with Gasteiger partial charge in [-0.2, -0.15) is 0 Å².